The van der Waals surface area contributed by atoms with E-state index in [9.17, 15) is 0 Å². The largest absolute Gasteiger partial charge is 0.327 e. The van der Waals surface area contributed by atoms with Crippen LogP contribution in [0.25, 0.3) is 0 Å². The molecule has 0 bridgehead atoms. The Morgan fingerprint density at radius 3 is 1.82 bits per heavy atom. The van der Waals surface area contributed by atoms with Crippen molar-refractivity contribution in [3.8, 4) is 0 Å². The summed E-state index contributed by atoms with van der Waals surface area (Å²) in [4.78, 5) is 0. The van der Waals surface area contributed by atoms with Crippen molar-refractivity contribution in [1.29, 1.82) is 0 Å². The first-order chi connectivity index (χ1) is 5.11. The highest BCUT2D eigenvalue weighted by atomic mass is 14.6. The molecule has 0 amide bonds. The van der Waals surface area contributed by atoms with Gasteiger partial charge in [0.15, 0.2) is 0 Å². The Morgan fingerprint density at radius 1 is 1.09 bits per heavy atom. The minimum atomic E-state index is 0.421. The van der Waals surface area contributed by atoms with E-state index >= 15 is 0 Å². The van der Waals surface area contributed by atoms with E-state index in [0.717, 1.165) is 11.8 Å². The SMILES string of the molecule is CCC(CC)C(N)CC(C)C. The molecule has 0 aliphatic carbocycles. The van der Waals surface area contributed by atoms with Gasteiger partial charge in [0.2, 0.25) is 0 Å². The fraction of sp³-hybridized carbons (Fsp3) is 1.00. The molecule has 1 unspecified atom stereocenters. The van der Waals surface area contributed by atoms with Gasteiger partial charge in [-0.15, -0.1) is 0 Å². The lowest BCUT2D eigenvalue weighted by atomic mass is 9.89. The smallest absolute Gasteiger partial charge is 0.00693 e. The van der Waals surface area contributed by atoms with Crippen LogP contribution >= 0.6 is 0 Å². The van der Waals surface area contributed by atoms with Gasteiger partial charge in [0.05, 0.1) is 0 Å². The van der Waals surface area contributed by atoms with Gasteiger partial charge in [-0.2, -0.15) is 0 Å². The maximum Gasteiger partial charge on any atom is 0.00693 e. The van der Waals surface area contributed by atoms with Gasteiger partial charge < -0.3 is 5.73 Å². The molecule has 0 aromatic carbocycles. The lowest BCUT2D eigenvalue weighted by Gasteiger charge is -2.22. The van der Waals surface area contributed by atoms with E-state index in [4.69, 9.17) is 5.73 Å². The molecule has 0 aromatic heterocycles. The van der Waals surface area contributed by atoms with Crippen LogP contribution < -0.4 is 5.73 Å². The molecular formula is C10H23N. The van der Waals surface area contributed by atoms with Gasteiger partial charge in [-0.05, 0) is 18.3 Å². The Labute approximate surface area is 71.4 Å². The average molecular weight is 157 g/mol. The molecule has 0 aliphatic rings. The summed E-state index contributed by atoms with van der Waals surface area (Å²) in [6.45, 7) is 8.94. The average Bonchev–Trinajstić information content (AvgIpc) is 1.88. The second-order valence-corrected chi connectivity index (χ2v) is 3.87. The molecule has 2 N–H and O–H groups in total. The fourth-order valence-corrected chi connectivity index (χ4v) is 1.63. The van der Waals surface area contributed by atoms with E-state index in [-0.39, 0.29) is 0 Å². The standard InChI is InChI=1S/C10H23N/c1-5-9(6-2)10(11)7-8(3)4/h8-10H,5-7,11H2,1-4H3. The number of hydrogen-bond donors (Lipinski definition) is 1. The maximum atomic E-state index is 6.04. The molecule has 0 radical (unpaired) electrons. The molecule has 68 valence electrons. The van der Waals surface area contributed by atoms with Crippen LogP contribution in [-0.4, -0.2) is 6.04 Å². The monoisotopic (exact) mass is 157 g/mol. The van der Waals surface area contributed by atoms with E-state index in [2.05, 4.69) is 27.7 Å². The first kappa shape index (κ1) is 11.0. The number of hydrogen-bond acceptors (Lipinski definition) is 1. The molecule has 0 heterocycles. The molecule has 11 heavy (non-hydrogen) atoms. The Hall–Kier alpha value is -0.0400. The summed E-state index contributed by atoms with van der Waals surface area (Å²) in [5.41, 5.74) is 6.04. The highest BCUT2D eigenvalue weighted by molar-refractivity contribution is 4.71. The summed E-state index contributed by atoms with van der Waals surface area (Å²) >= 11 is 0. The van der Waals surface area contributed by atoms with Crippen molar-refractivity contribution in [1.82, 2.24) is 0 Å². The molecule has 0 spiro atoms. The third kappa shape index (κ3) is 4.41. The predicted molar refractivity (Wildman–Crippen MR) is 51.5 cm³/mol. The van der Waals surface area contributed by atoms with Crippen molar-refractivity contribution in [3.63, 3.8) is 0 Å². The van der Waals surface area contributed by atoms with E-state index in [0.29, 0.717) is 6.04 Å². The molecule has 0 rings (SSSR count). The summed E-state index contributed by atoms with van der Waals surface area (Å²) in [6.07, 6.45) is 3.63. The normalized spacial score (nSPS) is 14.5. The van der Waals surface area contributed by atoms with Gasteiger partial charge in [-0.3, -0.25) is 0 Å². The van der Waals surface area contributed by atoms with Crippen LogP contribution in [0, 0.1) is 11.8 Å². The zero-order valence-corrected chi connectivity index (χ0v) is 8.43. The zero-order chi connectivity index (χ0) is 8.85. The topological polar surface area (TPSA) is 26.0 Å². The molecule has 0 aliphatic heterocycles. The van der Waals surface area contributed by atoms with Gasteiger partial charge >= 0.3 is 0 Å². The van der Waals surface area contributed by atoms with Crippen LogP contribution in [0.2, 0.25) is 0 Å². The van der Waals surface area contributed by atoms with E-state index in [1.807, 2.05) is 0 Å². The second kappa shape index (κ2) is 5.59. The molecule has 1 heteroatoms. The summed E-state index contributed by atoms with van der Waals surface area (Å²) in [6, 6.07) is 0.421. The van der Waals surface area contributed by atoms with Gasteiger partial charge in [0, 0.05) is 6.04 Å². The van der Waals surface area contributed by atoms with Crippen LogP contribution in [-0.2, 0) is 0 Å². The van der Waals surface area contributed by atoms with Crippen LogP contribution in [0.5, 0.6) is 0 Å². The predicted octanol–water partition coefficient (Wildman–Crippen LogP) is 2.80. The van der Waals surface area contributed by atoms with Crippen molar-refractivity contribution in [2.24, 2.45) is 17.6 Å². The number of rotatable bonds is 5. The van der Waals surface area contributed by atoms with Crippen molar-refractivity contribution < 1.29 is 0 Å². The Balaban J connectivity index is 3.68. The van der Waals surface area contributed by atoms with Crippen molar-refractivity contribution in [2.45, 2.75) is 53.0 Å². The fourth-order valence-electron chi connectivity index (χ4n) is 1.63. The maximum absolute atomic E-state index is 6.04. The first-order valence-corrected chi connectivity index (χ1v) is 4.87. The molecule has 0 fully saturated rings. The van der Waals surface area contributed by atoms with Crippen LogP contribution in [0.4, 0.5) is 0 Å². The highest BCUT2D eigenvalue weighted by Crippen LogP contribution is 2.17. The minimum Gasteiger partial charge on any atom is -0.327 e. The van der Waals surface area contributed by atoms with E-state index in [1.54, 1.807) is 0 Å². The Morgan fingerprint density at radius 2 is 1.55 bits per heavy atom. The summed E-state index contributed by atoms with van der Waals surface area (Å²) in [5, 5.41) is 0. The highest BCUT2D eigenvalue weighted by Gasteiger charge is 2.14. The van der Waals surface area contributed by atoms with Gasteiger partial charge in [-0.1, -0.05) is 40.5 Å². The zero-order valence-electron chi connectivity index (χ0n) is 8.43. The first-order valence-electron chi connectivity index (χ1n) is 4.87. The second-order valence-electron chi connectivity index (χ2n) is 3.87. The number of nitrogens with two attached hydrogens (primary N) is 1. The molecule has 0 saturated heterocycles. The quantitative estimate of drug-likeness (QED) is 0.652. The Bertz CT molecular complexity index is 84.9. The van der Waals surface area contributed by atoms with E-state index in [1.165, 1.54) is 19.3 Å². The van der Waals surface area contributed by atoms with E-state index < -0.39 is 0 Å². The third-order valence-electron chi connectivity index (χ3n) is 2.40. The third-order valence-corrected chi connectivity index (χ3v) is 2.40. The molecule has 0 aromatic rings. The van der Waals surface area contributed by atoms with Crippen molar-refractivity contribution in [3.05, 3.63) is 0 Å². The van der Waals surface area contributed by atoms with Gasteiger partial charge in [0.1, 0.15) is 0 Å². The molecule has 0 saturated carbocycles. The van der Waals surface area contributed by atoms with Crippen molar-refractivity contribution >= 4 is 0 Å². The van der Waals surface area contributed by atoms with Crippen molar-refractivity contribution in [2.75, 3.05) is 0 Å². The molecule has 1 atom stereocenters. The Kier molecular flexibility index (Phi) is 5.57. The summed E-state index contributed by atoms with van der Waals surface area (Å²) in [7, 11) is 0. The van der Waals surface area contributed by atoms with Crippen LogP contribution in [0.1, 0.15) is 47.0 Å². The van der Waals surface area contributed by atoms with Crippen LogP contribution in [0.3, 0.4) is 0 Å². The van der Waals surface area contributed by atoms with Crippen LogP contribution in [0.15, 0.2) is 0 Å². The molecular weight excluding hydrogens is 134 g/mol. The lowest BCUT2D eigenvalue weighted by molar-refractivity contribution is 0.344. The lowest BCUT2D eigenvalue weighted by Crippen LogP contribution is -2.30. The minimum absolute atomic E-state index is 0.421. The molecule has 1 nitrogen and oxygen atoms in total. The van der Waals surface area contributed by atoms with Gasteiger partial charge in [-0.25, -0.2) is 0 Å². The summed E-state index contributed by atoms with van der Waals surface area (Å²) in [5.74, 6) is 1.47. The summed E-state index contributed by atoms with van der Waals surface area (Å²) < 4.78 is 0. The van der Waals surface area contributed by atoms with Gasteiger partial charge in [0.25, 0.3) is 0 Å².